The summed E-state index contributed by atoms with van der Waals surface area (Å²) in [4.78, 5) is 4.98. The highest BCUT2D eigenvalue weighted by Gasteiger charge is 2.30. The second kappa shape index (κ2) is 6.40. The van der Waals surface area contributed by atoms with E-state index in [2.05, 4.69) is 48.0 Å². The first kappa shape index (κ1) is 15.8. The van der Waals surface area contributed by atoms with E-state index >= 15 is 0 Å². The molecule has 0 spiro atoms. The molecular formula is C23H19N3O. The van der Waals surface area contributed by atoms with E-state index in [1.54, 1.807) is 6.26 Å². The van der Waals surface area contributed by atoms with Gasteiger partial charge in [-0.2, -0.15) is 5.10 Å². The smallest absolute Gasteiger partial charge is 0.159 e. The van der Waals surface area contributed by atoms with Gasteiger partial charge in [-0.15, -0.1) is 0 Å². The summed E-state index contributed by atoms with van der Waals surface area (Å²) in [6.07, 6.45) is 2.45. The van der Waals surface area contributed by atoms with Gasteiger partial charge in [0.1, 0.15) is 5.76 Å². The molecule has 5 rings (SSSR count). The molecule has 0 fully saturated rings. The largest absolute Gasteiger partial charge is 0.463 e. The van der Waals surface area contributed by atoms with Crippen molar-refractivity contribution in [3.63, 3.8) is 0 Å². The summed E-state index contributed by atoms with van der Waals surface area (Å²) < 4.78 is 7.73. The Labute approximate surface area is 157 Å². The lowest BCUT2D eigenvalue weighted by molar-refractivity contribution is 0.513. The van der Waals surface area contributed by atoms with Crippen LogP contribution in [0.3, 0.4) is 0 Å². The summed E-state index contributed by atoms with van der Waals surface area (Å²) in [6, 6.07) is 24.8. The van der Waals surface area contributed by atoms with Gasteiger partial charge in [-0.1, -0.05) is 60.7 Å². The molecule has 0 radical (unpaired) electrons. The molecule has 0 N–H and O–H groups in total. The van der Waals surface area contributed by atoms with Gasteiger partial charge in [-0.25, -0.2) is 9.67 Å². The molecule has 3 heterocycles. The van der Waals surface area contributed by atoms with Gasteiger partial charge in [0, 0.05) is 12.0 Å². The SMILES string of the molecule is Cc1nn2c(c1-c1ccccc1)N=C(c1ccco1)C[C@@H]2c1ccccc1. The van der Waals surface area contributed by atoms with Crippen molar-refractivity contribution in [2.24, 2.45) is 4.99 Å². The monoisotopic (exact) mass is 353 g/mol. The summed E-state index contributed by atoms with van der Waals surface area (Å²) in [5, 5.41) is 4.88. The van der Waals surface area contributed by atoms with Gasteiger partial charge < -0.3 is 4.42 Å². The lowest BCUT2D eigenvalue weighted by Gasteiger charge is -2.24. The van der Waals surface area contributed by atoms with Crippen LogP contribution in [0.1, 0.15) is 29.5 Å². The van der Waals surface area contributed by atoms with Gasteiger partial charge in [0.05, 0.1) is 23.7 Å². The van der Waals surface area contributed by atoms with E-state index in [9.17, 15) is 0 Å². The summed E-state index contributed by atoms with van der Waals surface area (Å²) in [5.74, 6) is 1.71. The van der Waals surface area contributed by atoms with Crippen LogP contribution in [-0.2, 0) is 0 Å². The molecular weight excluding hydrogens is 334 g/mol. The van der Waals surface area contributed by atoms with Crippen LogP contribution in [0.25, 0.3) is 11.1 Å². The average Bonchev–Trinajstić information content (AvgIpc) is 3.36. The van der Waals surface area contributed by atoms with Crippen molar-refractivity contribution in [1.82, 2.24) is 9.78 Å². The number of hydrogen-bond donors (Lipinski definition) is 0. The second-order valence-corrected chi connectivity index (χ2v) is 6.76. The van der Waals surface area contributed by atoms with Gasteiger partial charge in [0.15, 0.2) is 5.82 Å². The molecule has 27 heavy (non-hydrogen) atoms. The molecule has 132 valence electrons. The van der Waals surface area contributed by atoms with E-state index in [4.69, 9.17) is 14.5 Å². The third-order valence-corrected chi connectivity index (χ3v) is 5.04. The Balaban J connectivity index is 1.74. The minimum absolute atomic E-state index is 0.0926. The van der Waals surface area contributed by atoms with Crippen LogP contribution in [0.5, 0.6) is 0 Å². The number of nitrogens with zero attached hydrogens (tertiary/aromatic N) is 3. The lowest BCUT2D eigenvalue weighted by atomic mass is 9.97. The Morgan fingerprint density at radius 2 is 1.67 bits per heavy atom. The number of fused-ring (bicyclic) bond motifs is 1. The van der Waals surface area contributed by atoms with E-state index in [-0.39, 0.29) is 6.04 Å². The highest BCUT2D eigenvalue weighted by Crippen LogP contribution is 2.41. The number of aromatic nitrogens is 2. The fourth-order valence-corrected chi connectivity index (χ4v) is 3.78. The van der Waals surface area contributed by atoms with Gasteiger partial charge in [-0.05, 0) is 30.2 Å². The van der Waals surface area contributed by atoms with E-state index in [1.165, 1.54) is 5.56 Å². The Morgan fingerprint density at radius 3 is 2.37 bits per heavy atom. The van der Waals surface area contributed by atoms with Crippen LogP contribution in [0.15, 0.2) is 88.5 Å². The molecule has 1 atom stereocenters. The van der Waals surface area contributed by atoms with Gasteiger partial charge in [-0.3, -0.25) is 0 Å². The molecule has 0 saturated carbocycles. The normalized spacial score (nSPS) is 16.0. The summed E-state index contributed by atoms with van der Waals surface area (Å²) in [7, 11) is 0. The minimum atomic E-state index is 0.0926. The average molecular weight is 353 g/mol. The Bertz CT molecular complexity index is 1090. The Morgan fingerprint density at radius 1 is 0.926 bits per heavy atom. The molecule has 0 bridgehead atoms. The second-order valence-electron chi connectivity index (χ2n) is 6.76. The highest BCUT2D eigenvalue weighted by molar-refractivity contribution is 6.02. The number of furan rings is 1. The predicted molar refractivity (Wildman–Crippen MR) is 107 cm³/mol. The number of benzene rings is 2. The molecule has 0 unspecified atom stereocenters. The summed E-state index contributed by atoms with van der Waals surface area (Å²) in [5.41, 5.74) is 5.38. The van der Waals surface area contributed by atoms with Crippen LogP contribution in [0.4, 0.5) is 5.82 Å². The number of aliphatic imine (C=N–C) groups is 1. The van der Waals surface area contributed by atoms with Crippen molar-refractivity contribution in [1.29, 1.82) is 0 Å². The maximum absolute atomic E-state index is 5.66. The molecule has 2 aromatic heterocycles. The zero-order valence-electron chi connectivity index (χ0n) is 15.0. The molecule has 1 aliphatic rings. The molecule has 0 aliphatic carbocycles. The molecule has 2 aromatic carbocycles. The first-order valence-corrected chi connectivity index (χ1v) is 9.12. The van der Waals surface area contributed by atoms with Crippen molar-refractivity contribution < 1.29 is 4.42 Å². The Kier molecular flexibility index (Phi) is 3.75. The third-order valence-electron chi connectivity index (χ3n) is 5.04. The molecule has 4 aromatic rings. The van der Waals surface area contributed by atoms with E-state index in [0.29, 0.717) is 0 Å². The van der Waals surface area contributed by atoms with Crippen LogP contribution in [-0.4, -0.2) is 15.5 Å². The van der Waals surface area contributed by atoms with E-state index in [0.717, 1.165) is 40.5 Å². The fourth-order valence-electron chi connectivity index (χ4n) is 3.78. The topological polar surface area (TPSA) is 43.3 Å². The van der Waals surface area contributed by atoms with Crippen molar-refractivity contribution in [2.45, 2.75) is 19.4 Å². The molecule has 0 amide bonds. The van der Waals surface area contributed by atoms with E-state index < -0.39 is 0 Å². The molecule has 4 nitrogen and oxygen atoms in total. The maximum Gasteiger partial charge on any atom is 0.159 e. The highest BCUT2D eigenvalue weighted by atomic mass is 16.3. The zero-order valence-corrected chi connectivity index (χ0v) is 15.0. The quantitative estimate of drug-likeness (QED) is 0.483. The van der Waals surface area contributed by atoms with Crippen molar-refractivity contribution in [2.75, 3.05) is 0 Å². The predicted octanol–water partition coefficient (Wildman–Crippen LogP) is 5.57. The molecule has 1 aliphatic heterocycles. The van der Waals surface area contributed by atoms with Gasteiger partial charge in [0.25, 0.3) is 0 Å². The van der Waals surface area contributed by atoms with Crippen LogP contribution in [0, 0.1) is 6.92 Å². The minimum Gasteiger partial charge on any atom is -0.463 e. The van der Waals surface area contributed by atoms with Crippen molar-refractivity contribution >= 4 is 11.5 Å². The maximum atomic E-state index is 5.66. The molecule has 4 heteroatoms. The molecule has 0 saturated heterocycles. The van der Waals surface area contributed by atoms with Crippen LogP contribution < -0.4 is 0 Å². The lowest BCUT2D eigenvalue weighted by Crippen LogP contribution is -2.21. The van der Waals surface area contributed by atoms with Crippen LogP contribution >= 0.6 is 0 Å². The third kappa shape index (κ3) is 2.70. The van der Waals surface area contributed by atoms with Gasteiger partial charge >= 0.3 is 0 Å². The summed E-state index contributed by atoms with van der Waals surface area (Å²) >= 11 is 0. The van der Waals surface area contributed by atoms with E-state index in [1.807, 2.05) is 36.4 Å². The zero-order chi connectivity index (χ0) is 18.2. The van der Waals surface area contributed by atoms with Crippen molar-refractivity contribution in [3.8, 4) is 11.1 Å². The van der Waals surface area contributed by atoms with Gasteiger partial charge in [0.2, 0.25) is 0 Å². The standard InChI is InChI=1S/C23H19N3O/c1-16-22(18-11-6-3-7-12-18)23-24-19(21-13-8-14-27-21)15-20(26(23)25-16)17-9-4-2-5-10-17/h2-14,20H,15H2,1H3/t20-/m1/s1. The number of rotatable bonds is 3. The summed E-state index contributed by atoms with van der Waals surface area (Å²) in [6.45, 7) is 2.05. The van der Waals surface area contributed by atoms with Crippen molar-refractivity contribution in [3.05, 3.63) is 96.1 Å². The first-order valence-electron chi connectivity index (χ1n) is 9.12. The first-order chi connectivity index (χ1) is 13.3. The fraction of sp³-hybridized carbons (Fsp3) is 0.130. The Hall–Kier alpha value is -3.40. The number of hydrogen-bond acceptors (Lipinski definition) is 3. The number of aryl methyl sites for hydroxylation is 1. The van der Waals surface area contributed by atoms with Crippen LogP contribution in [0.2, 0.25) is 0 Å².